The van der Waals surface area contributed by atoms with Crippen LogP contribution in [0.1, 0.15) is 37.0 Å². The number of benzene rings is 1. The Balaban J connectivity index is 2.84. The summed E-state index contributed by atoms with van der Waals surface area (Å²) in [5, 5.41) is 2.46. The number of carbonyl (C=O) groups excluding carboxylic acids is 2. The molecule has 0 aliphatic heterocycles. The van der Waals surface area contributed by atoms with Gasteiger partial charge in [-0.1, -0.05) is 54.7 Å². The van der Waals surface area contributed by atoms with Crippen LogP contribution in [0.5, 0.6) is 0 Å². The van der Waals surface area contributed by atoms with Gasteiger partial charge >= 0.3 is 5.97 Å². The Kier molecular flexibility index (Phi) is 6.30. The van der Waals surface area contributed by atoms with Gasteiger partial charge < -0.3 is 10.1 Å². The van der Waals surface area contributed by atoms with Crippen molar-refractivity contribution in [2.45, 2.75) is 37.3 Å². The predicted octanol–water partition coefficient (Wildman–Crippen LogP) is 3.28. The lowest BCUT2D eigenvalue weighted by Crippen LogP contribution is -2.48. The lowest BCUT2D eigenvalue weighted by Gasteiger charge is -2.29. The molecule has 4 nitrogen and oxygen atoms in total. The number of hydrogen-bond acceptors (Lipinski definition) is 3. The molecular formula is C14H17Cl2NO3. The van der Waals surface area contributed by atoms with Crippen LogP contribution < -0.4 is 5.32 Å². The first-order chi connectivity index (χ1) is 9.36. The van der Waals surface area contributed by atoms with Crippen molar-refractivity contribution < 1.29 is 14.3 Å². The number of halogens is 2. The third-order valence-corrected chi connectivity index (χ3v) is 3.31. The number of carbonyl (C=O) groups is 2. The fraction of sp³-hybridized carbons (Fsp3) is 0.429. The zero-order valence-electron chi connectivity index (χ0n) is 11.4. The number of amides is 1. The fourth-order valence-corrected chi connectivity index (χ4v) is 2.20. The molecule has 0 heterocycles. The quantitative estimate of drug-likeness (QED) is 0.497. The standard InChI is InChI=1S/C14H17Cl2NO3/c1-3-9-14(15,16)13(17-10(2)18)20-12(19)11-7-5-4-6-8-11/h4-8,13H,3,9H2,1-2H3,(H,17,18). The van der Waals surface area contributed by atoms with Crippen LogP contribution in [0.25, 0.3) is 0 Å². The van der Waals surface area contributed by atoms with Crippen LogP contribution >= 0.6 is 23.2 Å². The lowest BCUT2D eigenvalue weighted by atomic mass is 10.2. The van der Waals surface area contributed by atoms with Crippen LogP contribution in [0.4, 0.5) is 0 Å². The maximum Gasteiger partial charge on any atom is 0.340 e. The highest BCUT2D eigenvalue weighted by atomic mass is 35.5. The molecule has 0 aromatic heterocycles. The third-order valence-electron chi connectivity index (χ3n) is 2.54. The van der Waals surface area contributed by atoms with Crippen molar-refractivity contribution in [1.82, 2.24) is 5.32 Å². The predicted molar refractivity (Wildman–Crippen MR) is 78.8 cm³/mol. The molecule has 1 unspecified atom stereocenters. The van der Waals surface area contributed by atoms with E-state index in [-0.39, 0.29) is 5.91 Å². The van der Waals surface area contributed by atoms with Gasteiger partial charge in [0.15, 0.2) is 4.33 Å². The minimum atomic E-state index is -1.37. The molecule has 110 valence electrons. The van der Waals surface area contributed by atoms with Crippen molar-refractivity contribution in [2.75, 3.05) is 0 Å². The van der Waals surface area contributed by atoms with Gasteiger partial charge in [0.1, 0.15) is 0 Å². The minimum Gasteiger partial charge on any atom is -0.435 e. The molecule has 1 rings (SSSR count). The second-order valence-corrected chi connectivity index (χ2v) is 5.91. The normalized spacial score (nSPS) is 12.6. The molecule has 1 atom stereocenters. The lowest BCUT2D eigenvalue weighted by molar-refractivity contribution is -0.122. The van der Waals surface area contributed by atoms with E-state index >= 15 is 0 Å². The Morgan fingerprint density at radius 1 is 1.30 bits per heavy atom. The maximum absolute atomic E-state index is 12.0. The van der Waals surface area contributed by atoms with Crippen LogP contribution in [0.15, 0.2) is 30.3 Å². The molecule has 0 radical (unpaired) electrons. The largest absolute Gasteiger partial charge is 0.435 e. The first kappa shape index (κ1) is 16.8. The van der Waals surface area contributed by atoms with E-state index in [4.69, 9.17) is 27.9 Å². The molecule has 0 bridgehead atoms. The summed E-state index contributed by atoms with van der Waals surface area (Å²) in [4.78, 5) is 23.2. The monoisotopic (exact) mass is 317 g/mol. The summed E-state index contributed by atoms with van der Waals surface area (Å²) in [5.74, 6) is -0.969. The number of alkyl halides is 2. The fourth-order valence-electron chi connectivity index (χ4n) is 1.62. The van der Waals surface area contributed by atoms with Crippen molar-refractivity contribution in [3.05, 3.63) is 35.9 Å². The Hall–Kier alpha value is -1.26. The van der Waals surface area contributed by atoms with E-state index in [2.05, 4.69) is 5.32 Å². The summed E-state index contributed by atoms with van der Waals surface area (Å²) < 4.78 is 3.86. The average Bonchev–Trinajstić information content (AvgIpc) is 2.38. The van der Waals surface area contributed by atoms with Gasteiger partial charge in [0, 0.05) is 6.92 Å². The van der Waals surface area contributed by atoms with E-state index in [1.165, 1.54) is 6.92 Å². The molecule has 0 aliphatic rings. The van der Waals surface area contributed by atoms with E-state index < -0.39 is 16.5 Å². The topological polar surface area (TPSA) is 55.4 Å². The molecule has 1 amide bonds. The molecule has 0 aliphatic carbocycles. The molecule has 6 heteroatoms. The first-order valence-corrected chi connectivity index (χ1v) is 7.03. The summed E-state index contributed by atoms with van der Waals surface area (Å²) in [6.07, 6.45) is -0.0364. The van der Waals surface area contributed by atoms with E-state index in [9.17, 15) is 9.59 Å². The highest BCUT2D eigenvalue weighted by Gasteiger charge is 2.38. The zero-order chi connectivity index (χ0) is 15.2. The minimum absolute atomic E-state index is 0.364. The first-order valence-electron chi connectivity index (χ1n) is 6.27. The Morgan fingerprint density at radius 2 is 1.90 bits per heavy atom. The van der Waals surface area contributed by atoms with Gasteiger partial charge in [0.25, 0.3) is 0 Å². The van der Waals surface area contributed by atoms with E-state index in [1.807, 2.05) is 6.92 Å². The number of esters is 1. The van der Waals surface area contributed by atoms with Gasteiger partial charge in [-0.15, -0.1) is 0 Å². The van der Waals surface area contributed by atoms with Crippen molar-refractivity contribution in [3.8, 4) is 0 Å². The van der Waals surface area contributed by atoms with E-state index in [0.29, 0.717) is 18.4 Å². The highest BCUT2D eigenvalue weighted by molar-refractivity contribution is 6.49. The Labute approximate surface area is 128 Å². The molecule has 1 aromatic carbocycles. The third kappa shape index (κ3) is 5.02. The molecule has 0 saturated carbocycles. The van der Waals surface area contributed by atoms with Crippen LogP contribution in [-0.2, 0) is 9.53 Å². The van der Waals surface area contributed by atoms with Gasteiger partial charge in [-0.25, -0.2) is 4.79 Å². The summed E-state index contributed by atoms with van der Waals surface area (Å²) in [5.41, 5.74) is 0.364. The van der Waals surface area contributed by atoms with Gasteiger partial charge in [-0.05, 0) is 18.6 Å². The summed E-state index contributed by atoms with van der Waals surface area (Å²) >= 11 is 12.3. The molecule has 0 spiro atoms. The molecular weight excluding hydrogens is 301 g/mol. The van der Waals surface area contributed by atoms with Gasteiger partial charge in [-0.3, -0.25) is 4.79 Å². The van der Waals surface area contributed by atoms with E-state index in [0.717, 1.165) is 0 Å². The van der Waals surface area contributed by atoms with Crippen LogP contribution in [0, 0.1) is 0 Å². The summed E-state index contributed by atoms with van der Waals surface area (Å²) in [7, 11) is 0. The molecule has 0 saturated heterocycles. The number of nitrogens with one attached hydrogen (secondary N) is 1. The second kappa shape index (κ2) is 7.50. The van der Waals surface area contributed by atoms with Crippen molar-refractivity contribution in [3.63, 3.8) is 0 Å². The average molecular weight is 318 g/mol. The zero-order valence-corrected chi connectivity index (χ0v) is 12.9. The van der Waals surface area contributed by atoms with Crippen molar-refractivity contribution in [2.24, 2.45) is 0 Å². The molecule has 0 fully saturated rings. The smallest absolute Gasteiger partial charge is 0.340 e. The number of ether oxygens (including phenoxy) is 1. The Morgan fingerprint density at radius 3 is 2.40 bits per heavy atom. The summed E-state index contributed by atoms with van der Waals surface area (Å²) in [6, 6.07) is 8.43. The van der Waals surface area contributed by atoms with E-state index in [1.54, 1.807) is 30.3 Å². The van der Waals surface area contributed by atoms with Crippen LogP contribution in [-0.4, -0.2) is 22.4 Å². The molecule has 1 N–H and O–H groups in total. The SMILES string of the molecule is CCCC(Cl)(Cl)C(NC(C)=O)OC(=O)c1ccccc1. The van der Waals surface area contributed by atoms with Crippen molar-refractivity contribution in [1.29, 1.82) is 0 Å². The van der Waals surface area contributed by atoms with Gasteiger partial charge in [0.2, 0.25) is 12.1 Å². The number of rotatable bonds is 6. The van der Waals surface area contributed by atoms with Crippen LogP contribution in [0.3, 0.4) is 0 Å². The van der Waals surface area contributed by atoms with Crippen LogP contribution in [0.2, 0.25) is 0 Å². The van der Waals surface area contributed by atoms with Gasteiger partial charge in [-0.2, -0.15) is 0 Å². The Bertz CT molecular complexity index is 463. The maximum atomic E-state index is 12.0. The van der Waals surface area contributed by atoms with Crippen molar-refractivity contribution >= 4 is 35.1 Å². The highest BCUT2D eigenvalue weighted by Crippen LogP contribution is 2.32. The second-order valence-electron chi connectivity index (χ2n) is 4.36. The molecule has 20 heavy (non-hydrogen) atoms. The molecule has 1 aromatic rings. The van der Waals surface area contributed by atoms with Gasteiger partial charge in [0.05, 0.1) is 5.56 Å². The summed E-state index contributed by atoms with van der Waals surface area (Å²) in [6.45, 7) is 3.20. The number of hydrogen-bond donors (Lipinski definition) is 1.